The van der Waals surface area contributed by atoms with E-state index in [2.05, 4.69) is 10.3 Å². The fourth-order valence-corrected chi connectivity index (χ4v) is 1.37. The summed E-state index contributed by atoms with van der Waals surface area (Å²) in [4.78, 5) is 14.6. The molecule has 6 heteroatoms. The monoisotopic (exact) mass is 228 g/mol. The molecule has 1 aromatic rings. The van der Waals surface area contributed by atoms with Gasteiger partial charge in [-0.3, -0.25) is 4.21 Å². The van der Waals surface area contributed by atoms with E-state index in [1.807, 2.05) is 0 Å². The first-order valence-corrected chi connectivity index (χ1v) is 6.05. The van der Waals surface area contributed by atoms with Gasteiger partial charge in [-0.1, -0.05) is 0 Å². The summed E-state index contributed by atoms with van der Waals surface area (Å²) in [5.41, 5.74) is 0.185. The number of carboxylic acid groups (broad SMARTS) is 1. The highest BCUT2D eigenvalue weighted by molar-refractivity contribution is 7.84. The van der Waals surface area contributed by atoms with Crippen LogP contribution in [-0.4, -0.2) is 38.8 Å². The fraction of sp³-hybridized carbons (Fsp3) is 0.333. The third-order valence-electron chi connectivity index (χ3n) is 1.70. The first kappa shape index (κ1) is 11.6. The molecule has 82 valence electrons. The van der Waals surface area contributed by atoms with Gasteiger partial charge in [-0.25, -0.2) is 9.78 Å². The van der Waals surface area contributed by atoms with E-state index in [9.17, 15) is 9.00 Å². The second kappa shape index (κ2) is 5.45. The van der Waals surface area contributed by atoms with Gasteiger partial charge in [0.15, 0.2) is 0 Å². The molecule has 1 aromatic heterocycles. The van der Waals surface area contributed by atoms with E-state index < -0.39 is 16.8 Å². The van der Waals surface area contributed by atoms with Gasteiger partial charge in [0.2, 0.25) is 0 Å². The van der Waals surface area contributed by atoms with Crippen LogP contribution in [-0.2, 0) is 10.8 Å². The van der Waals surface area contributed by atoms with Crippen LogP contribution >= 0.6 is 0 Å². The van der Waals surface area contributed by atoms with Crippen LogP contribution in [0.2, 0.25) is 0 Å². The van der Waals surface area contributed by atoms with Crippen molar-refractivity contribution in [2.75, 3.05) is 23.9 Å². The van der Waals surface area contributed by atoms with Gasteiger partial charge in [-0.05, 0) is 12.1 Å². The van der Waals surface area contributed by atoms with Crippen molar-refractivity contribution in [3.8, 4) is 0 Å². The molecular formula is C9H12N2O3S. The molecule has 0 spiro atoms. The van der Waals surface area contributed by atoms with Crippen LogP contribution in [0.5, 0.6) is 0 Å². The lowest BCUT2D eigenvalue weighted by Gasteiger charge is -2.04. The average Bonchev–Trinajstić information content (AvgIpc) is 2.17. The molecule has 0 saturated carbocycles. The van der Waals surface area contributed by atoms with Crippen molar-refractivity contribution in [1.29, 1.82) is 0 Å². The summed E-state index contributed by atoms with van der Waals surface area (Å²) in [5, 5.41) is 11.6. The van der Waals surface area contributed by atoms with Gasteiger partial charge >= 0.3 is 5.97 Å². The Bertz CT molecular complexity index is 381. The number of carboxylic acids is 1. The molecule has 0 aliphatic heterocycles. The van der Waals surface area contributed by atoms with E-state index in [-0.39, 0.29) is 5.56 Å². The van der Waals surface area contributed by atoms with Gasteiger partial charge in [0.1, 0.15) is 5.82 Å². The topological polar surface area (TPSA) is 79.3 Å². The Balaban J connectivity index is 2.58. The van der Waals surface area contributed by atoms with Crippen molar-refractivity contribution in [2.45, 2.75) is 0 Å². The predicted octanol–water partition coefficient (Wildman–Crippen LogP) is 0.570. The highest BCUT2D eigenvalue weighted by Gasteiger charge is 2.03. The molecule has 0 amide bonds. The number of hydrogen-bond donors (Lipinski definition) is 2. The highest BCUT2D eigenvalue weighted by Crippen LogP contribution is 2.06. The summed E-state index contributed by atoms with van der Waals surface area (Å²) in [7, 11) is -0.860. The Morgan fingerprint density at radius 1 is 1.67 bits per heavy atom. The van der Waals surface area contributed by atoms with E-state index in [0.29, 0.717) is 18.1 Å². The van der Waals surface area contributed by atoms with Crippen LogP contribution in [0.15, 0.2) is 18.3 Å². The summed E-state index contributed by atoms with van der Waals surface area (Å²) in [6.45, 7) is 0.513. The zero-order valence-electron chi connectivity index (χ0n) is 8.27. The first-order chi connectivity index (χ1) is 7.09. The van der Waals surface area contributed by atoms with Crippen molar-refractivity contribution >= 4 is 22.6 Å². The Labute approximate surface area is 90.0 Å². The van der Waals surface area contributed by atoms with E-state index in [1.54, 1.807) is 6.26 Å². The molecule has 5 nitrogen and oxygen atoms in total. The van der Waals surface area contributed by atoms with Crippen molar-refractivity contribution in [2.24, 2.45) is 0 Å². The molecule has 0 aliphatic rings. The lowest BCUT2D eigenvalue weighted by molar-refractivity contribution is 0.0697. The Morgan fingerprint density at radius 3 is 3.00 bits per heavy atom. The lowest BCUT2D eigenvalue weighted by Crippen LogP contribution is -2.11. The lowest BCUT2D eigenvalue weighted by atomic mass is 10.2. The first-order valence-electron chi connectivity index (χ1n) is 4.33. The molecule has 0 fully saturated rings. The second-order valence-electron chi connectivity index (χ2n) is 2.94. The maximum absolute atomic E-state index is 10.8. The zero-order valence-corrected chi connectivity index (χ0v) is 9.08. The minimum atomic E-state index is -0.987. The minimum absolute atomic E-state index is 0.185. The predicted molar refractivity (Wildman–Crippen MR) is 58.6 cm³/mol. The average molecular weight is 228 g/mol. The molecule has 1 rings (SSSR count). The highest BCUT2D eigenvalue weighted by atomic mass is 32.2. The van der Waals surface area contributed by atoms with E-state index in [0.717, 1.165) is 0 Å². The van der Waals surface area contributed by atoms with E-state index in [1.165, 1.54) is 18.3 Å². The number of aromatic nitrogens is 1. The Hall–Kier alpha value is -1.43. The molecule has 1 atom stereocenters. The molecule has 0 radical (unpaired) electrons. The van der Waals surface area contributed by atoms with E-state index >= 15 is 0 Å². The van der Waals surface area contributed by atoms with Crippen LogP contribution in [0.1, 0.15) is 10.4 Å². The molecule has 0 aromatic carbocycles. The largest absolute Gasteiger partial charge is 0.478 e. The number of aromatic carboxylic acids is 1. The number of rotatable bonds is 5. The number of carbonyl (C=O) groups is 1. The summed E-state index contributed by atoms with van der Waals surface area (Å²) in [6.07, 6.45) is 3.04. The van der Waals surface area contributed by atoms with Crippen molar-refractivity contribution in [3.63, 3.8) is 0 Å². The quantitative estimate of drug-likeness (QED) is 0.770. The molecule has 2 N–H and O–H groups in total. The van der Waals surface area contributed by atoms with Gasteiger partial charge in [0.05, 0.1) is 5.56 Å². The maximum atomic E-state index is 10.8. The molecule has 1 heterocycles. The third-order valence-corrected chi connectivity index (χ3v) is 2.48. The second-order valence-corrected chi connectivity index (χ2v) is 4.49. The van der Waals surface area contributed by atoms with Crippen molar-refractivity contribution in [1.82, 2.24) is 4.98 Å². The summed E-state index contributed by atoms with van der Waals surface area (Å²) >= 11 is 0. The smallest absolute Gasteiger partial charge is 0.335 e. The molecule has 0 saturated heterocycles. The Morgan fingerprint density at radius 2 is 2.40 bits per heavy atom. The van der Waals surface area contributed by atoms with Crippen LogP contribution in [0.25, 0.3) is 0 Å². The molecule has 0 aliphatic carbocycles. The normalized spacial score (nSPS) is 12.1. The fourth-order valence-electron chi connectivity index (χ4n) is 0.983. The van der Waals surface area contributed by atoms with Gasteiger partial charge in [0, 0.05) is 35.5 Å². The number of anilines is 1. The van der Waals surface area contributed by atoms with Gasteiger partial charge in [-0.2, -0.15) is 0 Å². The number of nitrogens with one attached hydrogen (secondary N) is 1. The van der Waals surface area contributed by atoms with Crippen LogP contribution in [0.4, 0.5) is 5.82 Å². The summed E-state index contributed by atoms with van der Waals surface area (Å²) < 4.78 is 10.8. The number of nitrogens with zero attached hydrogens (tertiary/aromatic N) is 1. The Kier molecular flexibility index (Phi) is 4.23. The number of hydrogen-bond acceptors (Lipinski definition) is 4. The minimum Gasteiger partial charge on any atom is -0.478 e. The summed E-state index contributed by atoms with van der Waals surface area (Å²) in [5.74, 6) is 0.0128. The van der Waals surface area contributed by atoms with Crippen LogP contribution < -0.4 is 5.32 Å². The SMILES string of the molecule is CS(=O)CCNc1cc(C(=O)O)ccn1. The van der Waals surface area contributed by atoms with Crippen LogP contribution in [0.3, 0.4) is 0 Å². The van der Waals surface area contributed by atoms with Crippen molar-refractivity contribution < 1.29 is 14.1 Å². The molecular weight excluding hydrogens is 216 g/mol. The standard InChI is InChI=1S/C9H12N2O3S/c1-15(14)5-4-11-8-6-7(9(12)13)2-3-10-8/h2-3,6H,4-5H2,1H3,(H,10,11)(H,12,13). The van der Waals surface area contributed by atoms with Gasteiger partial charge in [-0.15, -0.1) is 0 Å². The molecule has 1 unspecified atom stereocenters. The zero-order chi connectivity index (χ0) is 11.3. The van der Waals surface area contributed by atoms with Gasteiger partial charge in [0.25, 0.3) is 0 Å². The van der Waals surface area contributed by atoms with E-state index in [4.69, 9.17) is 5.11 Å². The molecule has 0 bridgehead atoms. The van der Waals surface area contributed by atoms with Gasteiger partial charge < -0.3 is 10.4 Å². The number of pyridine rings is 1. The van der Waals surface area contributed by atoms with Crippen molar-refractivity contribution in [3.05, 3.63) is 23.9 Å². The third kappa shape index (κ3) is 4.07. The van der Waals surface area contributed by atoms with Crippen LogP contribution in [0, 0.1) is 0 Å². The maximum Gasteiger partial charge on any atom is 0.335 e. The molecule has 15 heavy (non-hydrogen) atoms. The summed E-state index contributed by atoms with van der Waals surface area (Å²) in [6, 6.07) is 2.87.